The van der Waals surface area contributed by atoms with Crippen LogP contribution in [0.2, 0.25) is 0 Å². The van der Waals surface area contributed by atoms with Gasteiger partial charge in [0, 0.05) is 10.9 Å². The number of fused-ring (bicyclic) bond motifs is 1. The van der Waals surface area contributed by atoms with Gasteiger partial charge in [-0.15, -0.1) is 0 Å². The molecule has 0 unspecified atom stereocenters. The lowest BCUT2D eigenvalue weighted by Gasteiger charge is -2.25. The molecule has 13 heteroatoms. The molecule has 0 spiro atoms. The number of hydrogen-bond donors (Lipinski definition) is 1. The number of benzene rings is 1. The van der Waals surface area contributed by atoms with Crippen molar-refractivity contribution < 1.29 is 41.0 Å². The Hall–Kier alpha value is -2.12. The maximum absolute atomic E-state index is 13.1. The fourth-order valence-corrected chi connectivity index (χ4v) is 6.99. The summed E-state index contributed by atoms with van der Waals surface area (Å²) in [7, 11) is -3.38. The van der Waals surface area contributed by atoms with Crippen molar-refractivity contribution in [3.63, 3.8) is 0 Å². The van der Waals surface area contributed by atoms with Crippen molar-refractivity contribution in [1.82, 2.24) is 0 Å². The fourth-order valence-electron chi connectivity index (χ4n) is 3.06. The van der Waals surface area contributed by atoms with Crippen LogP contribution >= 0.6 is 11.8 Å². The van der Waals surface area contributed by atoms with Crippen LogP contribution in [0.4, 0.5) is 18.9 Å². The summed E-state index contributed by atoms with van der Waals surface area (Å²) in [4.78, 5) is 27.6. The van der Waals surface area contributed by atoms with Gasteiger partial charge in [-0.1, -0.05) is 17.8 Å². The summed E-state index contributed by atoms with van der Waals surface area (Å²) >= 11 is 0.991. The van der Waals surface area contributed by atoms with Gasteiger partial charge < -0.3 is 14.7 Å². The van der Waals surface area contributed by atoms with Gasteiger partial charge in [0.1, 0.15) is 13.2 Å². The van der Waals surface area contributed by atoms with E-state index in [4.69, 9.17) is 5.11 Å². The Morgan fingerprint density at radius 3 is 2.66 bits per heavy atom. The second kappa shape index (κ2) is 7.95. The Bertz CT molecular complexity index is 964. The number of aliphatic carboxylic acids is 1. The van der Waals surface area contributed by atoms with Crippen LogP contribution < -0.4 is 4.90 Å². The molecule has 1 aromatic rings. The van der Waals surface area contributed by atoms with Gasteiger partial charge in [0.05, 0.1) is 23.1 Å². The van der Waals surface area contributed by atoms with E-state index in [1.807, 2.05) is 0 Å². The van der Waals surface area contributed by atoms with Gasteiger partial charge in [0.2, 0.25) is 0 Å². The van der Waals surface area contributed by atoms with Gasteiger partial charge in [-0.05, 0) is 18.2 Å². The first-order chi connectivity index (χ1) is 13.5. The lowest BCUT2D eigenvalue weighted by Crippen LogP contribution is -2.38. The Labute approximate surface area is 167 Å². The van der Waals surface area contributed by atoms with E-state index in [0.29, 0.717) is 0 Å². The molecule has 2 fully saturated rings. The van der Waals surface area contributed by atoms with Crippen molar-refractivity contribution in [1.29, 1.82) is 0 Å². The van der Waals surface area contributed by atoms with Gasteiger partial charge in [-0.25, -0.2) is 13.2 Å². The molecule has 0 bridgehead atoms. The molecule has 2 saturated heterocycles. The summed E-state index contributed by atoms with van der Waals surface area (Å²) in [6, 6.07) is 3.66. The SMILES string of the molecule is O=C(O)COCC(=O)N=C1S[C@H]2CS(=O)(=O)C[C@H]2N1c1cccc(C(F)(F)F)c1. The minimum absolute atomic E-state index is 0.0538. The molecular weight excluding hydrogens is 437 g/mol. The Morgan fingerprint density at radius 2 is 2.00 bits per heavy atom. The molecule has 8 nitrogen and oxygen atoms in total. The monoisotopic (exact) mass is 452 g/mol. The lowest BCUT2D eigenvalue weighted by atomic mass is 10.1. The first kappa shape index (κ1) is 21.6. The quantitative estimate of drug-likeness (QED) is 0.714. The van der Waals surface area contributed by atoms with Gasteiger partial charge in [-0.3, -0.25) is 4.79 Å². The number of thioether (sulfide) groups is 1. The third-order valence-corrected chi connectivity index (χ3v) is 7.40. The number of hydrogen-bond acceptors (Lipinski definition) is 6. The number of amidine groups is 1. The number of nitrogens with zero attached hydrogens (tertiary/aromatic N) is 2. The first-order valence-electron chi connectivity index (χ1n) is 8.21. The number of carboxylic acids is 1. The third-order valence-electron chi connectivity index (χ3n) is 4.19. The molecule has 1 amide bonds. The number of carbonyl (C=O) groups is 2. The fraction of sp³-hybridized carbons (Fsp3) is 0.438. The normalized spacial score (nSPS) is 24.7. The molecule has 1 aromatic carbocycles. The topological polar surface area (TPSA) is 113 Å². The van der Waals surface area contributed by atoms with Crippen LogP contribution in [0.3, 0.4) is 0 Å². The maximum Gasteiger partial charge on any atom is 0.416 e. The Kier molecular flexibility index (Phi) is 5.92. The van der Waals surface area contributed by atoms with Crippen molar-refractivity contribution in [3.8, 4) is 0 Å². The zero-order valence-corrected chi connectivity index (χ0v) is 16.3. The predicted molar refractivity (Wildman–Crippen MR) is 98.6 cm³/mol. The van der Waals surface area contributed by atoms with Crippen LogP contribution in [-0.2, 0) is 30.3 Å². The molecule has 2 heterocycles. The van der Waals surface area contributed by atoms with Gasteiger partial charge >= 0.3 is 12.1 Å². The lowest BCUT2D eigenvalue weighted by molar-refractivity contribution is -0.143. The van der Waals surface area contributed by atoms with E-state index in [0.717, 1.165) is 23.9 Å². The van der Waals surface area contributed by atoms with E-state index in [9.17, 15) is 31.2 Å². The number of carboxylic acid groups (broad SMARTS) is 1. The van der Waals surface area contributed by atoms with Crippen LogP contribution in [0.15, 0.2) is 29.3 Å². The zero-order valence-electron chi connectivity index (χ0n) is 14.6. The second-order valence-electron chi connectivity index (χ2n) is 6.39. The van der Waals surface area contributed by atoms with Crippen LogP contribution in [0.5, 0.6) is 0 Å². The highest BCUT2D eigenvalue weighted by atomic mass is 32.2. The van der Waals surface area contributed by atoms with Crippen LogP contribution in [0, 0.1) is 0 Å². The van der Waals surface area contributed by atoms with Crippen molar-refractivity contribution in [2.24, 2.45) is 4.99 Å². The molecule has 2 aliphatic rings. The molecule has 0 aromatic heterocycles. The van der Waals surface area contributed by atoms with E-state index in [-0.39, 0.29) is 22.4 Å². The highest BCUT2D eigenvalue weighted by Gasteiger charge is 2.49. The maximum atomic E-state index is 13.1. The minimum Gasteiger partial charge on any atom is -0.480 e. The highest BCUT2D eigenvalue weighted by molar-refractivity contribution is 8.16. The predicted octanol–water partition coefficient (Wildman–Crippen LogP) is 1.41. The van der Waals surface area contributed by atoms with Gasteiger partial charge in [0.25, 0.3) is 5.91 Å². The van der Waals surface area contributed by atoms with E-state index >= 15 is 0 Å². The molecule has 2 atom stereocenters. The van der Waals surface area contributed by atoms with Crippen LogP contribution in [-0.4, -0.2) is 66.6 Å². The average Bonchev–Trinajstić information content (AvgIpc) is 3.04. The number of amides is 1. The summed E-state index contributed by atoms with van der Waals surface area (Å²) in [5.41, 5.74) is -0.852. The molecule has 2 aliphatic heterocycles. The molecule has 3 rings (SSSR count). The van der Waals surface area contributed by atoms with E-state index in [1.165, 1.54) is 17.0 Å². The molecule has 0 radical (unpaired) electrons. The van der Waals surface area contributed by atoms with Gasteiger partial charge in [0.15, 0.2) is 15.0 Å². The summed E-state index contributed by atoms with van der Waals surface area (Å²) in [5.74, 6) is -2.55. The third kappa shape index (κ3) is 5.08. The summed E-state index contributed by atoms with van der Waals surface area (Å²) < 4.78 is 67.9. The first-order valence-corrected chi connectivity index (χ1v) is 10.9. The smallest absolute Gasteiger partial charge is 0.416 e. The summed E-state index contributed by atoms with van der Waals surface area (Å²) in [5, 5.41) is 8.09. The van der Waals surface area contributed by atoms with Crippen molar-refractivity contribution >= 4 is 44.3 Å². The van der Waals surface area contributed by atoms with E-state index < -0.39 is 58.0 Å². The van der Waals surface area contributed by atoms with Crippen molar-refractivity contribution in [3.05, 3.63) is 29.8 Å². The molecule has 158 valence electrons. The largest absolute Gasteiger partial charge is 0.480 e. The highest BCUT2D eigenvalue weighted by Crippen LogP contribution is 2.42. The number of aliphatic imine (C=N–C) groups is 1. The molecule has 0 saturated carbocycles. The number of carbonyl (C=O) groups excluding carboxylic acids is 1. The Morgan fingerprint density at radius 1 is 1.28 bits per heavy atom. The number of ether oxygens (including phenoxy) is 1. The summed E-state index contributed by atoms with van der Waals surface area (Å²) in [6.07, 6.45) is -4.60. The van der Waals surface area contributed by atoms with E-state index in [1.54, 1.807) is 0 Å². The van der Waals surface area contributed by atoms with Crippen LogP contribution in [0.1, 0.15) is 5.56 Å². The van der Waals surface area contributed by atoms with Crippen LogP contribution in [0.25, 0.3) is 0 Å². The average molecular weight is 452 g/mol. The standard InChI is InChI=1S/C16H15F3N2O6S2/c17-16(18,19)9-2-1-3-10(4-9)21-11-7-29(25,26)8-12(11)28-15(21)20-13(22)5-27-6-14(23)24/h1-4,11-12H,5-8H2,(H,23,24)/t11-,12+/m1/s1. The van der Waals surface area contributed by atoms with E-state index in [2.05, 4.69) is 9.73 Å². The number of alkyl halides is 3. The molecular formula is C16H15F3N2O6S2. The molecule has 29 heavy (non-hydrogen) atoms. The Balaban J connectivity index is 1.91. The zero-order chi connectivity index (χ0) is 21.4. The number of sulfone groups is 1. The molecule has 0 aliphatic carbocycles. The number of anilines is 1. The molecule has 1 N–H and O–H groups in total. The van der Waals surface area contributed by atoms with Crippen molar-refractivity contribution in [2.45, 2.75) is 17.5 Å². The van der Waals surface area contributed by atoms with Crippen molar-refractivity contribution in [2.75, 3.05) is 29.6 Å². The minimum atomic E-state index is -4.60. The number of halogens is 3. The summed E-state index contributed by atoms with van der Waals surface area (Å²) in [6.45, 7) is -1.33. The number of rotatable bonds is 5. The van der Waals surface area contributed by atoms with Gasteiger partial charge in [-0.2, -0.15) is 18.2 Å². The second-order valence-corrected chi connectivity index (χ2v) is 9.75.